The van der Waals surface area contributed by atoms with Gasteiger partial charge >= 0.3 is 6.03 Å². The number of nitrogens with zero attached hydrogens (tertiary/aromatic N) is 1. The molecule has 0 spiro atoms. The van der Waals surface area contributed by atoms with Crippen LogP contribution in [-0.4, -0.2) is 18.2 Å². The van der Waals surface area contributed by atoms with Gasteiger partial charge in [0.1, 0.15) is 18.5 Å². The van der Waals surface area contributed by atoms with Crippen LogP contribution in [0.15, 0.2) is 36.7 Å². The van der Waals surface area contributed by atoms with E-state index in [-0.39, 0.29) is 11.2 Å². The molecule has 0 aliphatic rings. The molecule has 6 nitrogen and oxygen atoms in total. The molecule has 1 heterocycles. The minimum atomic E-state index is -0.394. The van der Waals surface area contributed by atoms with Crippen LogP contribution >= 0.6 is 0 Å². The number of aromatic hydroxyl groups is 1. The Morgan fingerprint density at radius 1 is 1.32 bits per heavy atom. The Morgan fingerprint density at radius 2 is 2.04 bits per heavy atom. The van der Waals surface area contributed by atoms with E-state index in [2.05, 4.69) is 10.6 Å². The zero-order chi connectivity index (χ0) is 18.6. The van der Waals surface area contributed by atoms with Crippen molar-refractivity contribution in [2.45, 2.75) is 32.7 Å². The van der Waals surface area contributed by atoms with E-state index >= 15 is 0 Å². The first-order valence-electron chi connectivity index (χ1n) is 8.11. The molecule has 0 aliphatic heterocycles. The van der Waals surface area contributed by atoms with Crippen LogP contribution in [0.25, 0.3) is 0 Å². The third-order valence-electron chi connectivity index (χ3n) is 3.83. The van der Waals surface area contributed by atoms with Gasteiger partial charge in [-0.25, -0.2) is 9.36 Å². The predicted octanol–water partition coefficient (Wildman–Crippen LogP) is 2.84. The first-order chi connectivity index (χ1) is 11.7. The summed E-state index contributed by atoms with van der Waals surface area (Å²) in [5, 5.41) is 16.0. The summed E-state index contributed by atoms with van der Waals surface area (Å²) in [7, 11) is 3.48. The SMILES string of the molecule is COc1cc(NC(=O)NCc2ccc[n+](C)c2)c(O)c(C(C)(C)C)c1. The fraction of sp³-hybridized carbons (Fsp3) is 0.368. The number of aryl methyl sites for hydroxylation is 1. The number of rotatable bonds is 4. The number of carbonyl (C=O) groups is 1. The summed E-state index contributed by atoms with van der Waals surface area (Å²) < 4.78 is 7.20. The topological polar surface area (TPSA) is 74.5 Å². The molecule has 0 radical (unpaired) electrons. The highest BCUT2D eigenvalue weighted by atomic mass is 16.5. The van der Waals surface area contributed by atoms with Gasteiger partial charge in [-0.3, -0.25) is 0 Å². The molecule has 0 fully saturated rings. The quantitative estimate of drug-likeness (QED) is 0.590. The Hall–Kier alpha value is -2.76. The minimum Gasteiger partial charge on any atom is -0.505 e. The maximum Gasteiger partial charge on any atom is 0.319 e. The fourth-order valence-corrected chi connectivity index (χ4v) is 2.50. The van der Waals surface area contributed by atoms with Crippen molar-refractivity contribution in [1.29, 1.82) is 0 Å². The summed E-state index contributed by atoms with van der Waals surface area (Å²) >= 11 is 0. The molecule has 6 heteroatoms. The van der Waals surface area contributed by atoms with Crippen molar-refractivity contribution in [1.82, 2.24) is 5.32 Å². The first kappa shape index (κ1) is 18.6. The zero-order valence-corrected chi connectivity index (χ0v) is 15.4. The lowest BCUT2D eigenvalue weighted by atomic mass is 9.86. The number of carbonyl (C=O) groups excluding carboxylic acids is 1. The summed E-state index contributed by atoms with van der Waals surface area (Å²) in [6.07, 6.45) is 3.85. The third-order valence-corrected chi connectivity index (χ3v) is 3.83. The Labute approximate surface area is 148 Å². The average molecular weight is 344 g/mol. The fourth-order valence-electron chi connectivity index (χ4n) is 2.50. The Morgan fingerprint density at radius 3 is 2.64 bits per heavy atom. The van der Waals surface area contributed by atoms with Gasteiger partial charge in [-0.1, -0.05) is 20.8 Å². The van der Waals surface area contributed by atoms with Crippen LogP contribution in [0.3, 0.4) is 0 Å². The number of phenols is 1. The molecule has 0 bridgehead atoms. The maximum absolute atomic E-state index is 12.2. The molecule has 2 rings (SSSR count). The number of ether oxygens (including phenoxy) is 1. The second-order valence-corrected chi connectivity index (χ2v) is 7.01. The molecule has 25 heavy (non-hydrogen) atoms. The number of benzene rings is 1. The predicted molar refractivity (Wildman–Crippen MR) is 96.8 cm³/mol. The summed E-state index contributed by atoms with van der Waals surface area (Å²) in [6.45, 7) is 6.35. The van der Waals surface area contributed by atoms with Crippen LogP contribution in [0.4, 0.5) is 10.5 Å². The zero-order valence-electron chi connectivity index (χ0n) is 15.4. The molecule has 1 aromatic carbocycles. The molecule has 0 saturated carbocycles. The van der Waals surface area contributed by atoms with Crippen LogP contribution in [0, 0.1) is 0 Å². The molecule has 0 atom stereocenters. The molecule has 3 N–H and O–H groups in total. The van der Waals surface area contributed by atoms with Crippen LogP contribution in [0.1, 0.15) is 31.9 Å². The largest absolute Gasteiger partial charge is 0.505 e. The van der Waals surface area contributed by atoms with Crippen LogP contribution in [0.5, 0.6) is 11.5 Å². The van der Waals surface area contributed by atoms with Gasteiger partial charge in [-0.05, 0) is 17.5 Å². The highest BCUT2D eigenvalue weighted by molar-refractivity contribution is 5.91. The summed E-state index contributed by atoms with van der Waals surface area (Å²) in [5.41, 5.74) is 1.72. The van der Waals surface area contributed by atoms with E-state index in [4.69, 9.17) is 4.74 Å². The number of hydrogen-bond acceptors (Lipinski definition) is 3. The summed E-state index contributed by atoms with van der Waals surface area (Å²) in [4.78, 5) is 12.2. The van der Waals surface area contributed by atoms with Gasteiger partial charge in [-0.15, -0.1) is 0 Å². The van der Waals surface area contributed by atoms with E-state index < -0.39 is 6.03 Å². The second kappa shape index (κ2) is 7.42. The number of amides is 2. The van der Waals surface area contributed by atoms with Gasteiger partial charge in [0.25, 0.3) is 0 Å². The Kier molecular flexibility index (Phi) is 5.51. The van der Waals surface area contributed by atoms with E-state index in [0.717, 1.165) is 5.56 Å². The van der Waals surface area contributed by atoms with Gasteiger partial charge < -0.3 is 20.5 Å². The number of anilines is 1. The van der Waals surface area contributed by atoms with E-state index in [1.54, 1.807) is 19.2 Å². The third kappa shape index (κ3) is 4.86. The Bertz CT molecular complexity index is 767. The molecule has 0 unspecified atom stereocenters. The normalized spacial score (nSPS) is 11.1. The molecule has 0 saturated heterocycles. The number of urea groups is 1. The number of methoxy groups -OCH3 is 1. The monoisotopic (exact) mass is 344 g/mol. The number of nitrogens with one attached hydrogen (secondary N) is 2. The standard InChI is InChI=1S/C19H25N3O3/c1-19(2,3)15-9-14(25-5)10-16(17(15)23)21-18(24)20-11-13-7-6-8-22(4)12-13/h6-10,12H,11H2,1-5H3,(H2-,20,21,23,24)/p+1. The molecule has 2 aromatic rings. The summed E-state index contributed by atoms with van der Waals surface area (Å²) in [5.74, 6) is 0.627. The van der Waals surface area contributed by atoms with Crippen molar-refractivity contribution in [2.75, 3.05) is 12.4 Å². The van der Waals surface area contributed by atoms with Crippen LogP contribution in [-0.2, 0) is 19.0 Å². The van der Waals surface area contributed by atoms with Crippen molar-refractivity contribution in [2.24, 2.45) is 7.05 Å². The lowest BCUT2D eigenvalue weighted by Gasteiger charge is -2.23. The molecular weight excluding hydrogens is 318 g/mol. The van der Waals surface area contributed by atoms with Crippen molar-refractivity contribution < 1.29 is 19.2 Å². The Balaban J connectivity index is 2.14. The molecule has 134 valence electrons. The number of phenolic OH excluding ortho intramolecular Hbond substituents is 1. The van der Waals surface area contributed by atoms with E-state index in [9.17, 15) is 9.90 Å². The van der Waals surface area contributed by atoms with Crippen LogP contribution in [0.2, 0.25) is 0 Å². The highest BCUT2D eigenvalue weighted by Crippen LogP contribution is 2.39. The lowest BCUT2D eigenvalue weighted by Crippen LogP contribution is -2.31. The van der Waals surface area contributed by atoms with Gasteiger partial charge in [0.2, 0.25) is 0 Å². The van der Waals surface area contributed by atoms with E-state index in [1.807, 2.05) is 56.9 Å². The van der Waals surface area contributed by atoms with E-state index in [0.29, 0.717) is 23.5 Å². The molecule has 1 aromatic heterocycles. The number of hydrogen-bond donors (Lipinski definition) is 3. The maximum atomic E-state index is 12.2. The van der Waals surface area contributed by atoms with Gasteiger partial charge in [0, 0.05) is 23.3 Å². The van der Waals surface area contributed by atoms with Crippen molar-refractivity contribution in [3.8, 4) is 11.5 Å². The van der Waals surface area contributed by atoms with Crippen molar-refractivity contribution in [3.63, 3.8) is 0 Å². The lowest BCUT2D eigenvalue weighted by molar-refractivity contribution is -0.671. The minimum absolute atomic E-state index is 0.0505. The smallest absolute Gasteiger partial charge is 0.319 e. The second-order valence-electron chi connectivity index (χ2n) is 7.01. The summed E-state index contributed by atoms with van der Waals surface area (Å²) in [6, 6.07) is 6.84. The van der Waals surface area contributed by atoms with Gasteiger partial charge in [-0.2, -0.15) is 0 Å². The molecule has 0 aliphatic carbocycles. The first-order valence-corrected chi connectivity index (χ1v) is 8.11. The van der Waals surface area contributed by atoms with Crippen molar-refractivity contribution in [3.05, 3.63) is 47.8 Å². The van der Waals surface area contributed by atoms with Crippen molar-refractivity contribution >= 4 is 11.7 Å². The van der Waals surface area contributed by atoms with Crippen LogP contribution < -0.4 is 19.9 Å². The molecular formula is C19H26N3O3+. The molecule has 2 amide bonds. The van der Waals surface area contributed by atoms with E-state index in [1.165, 1.54) is 0 Å². The number of aromatic nitrogens is 1. The number of pyridine rings is 1. The highest BCUT2D eigenvalue weighted by Gasteiger charge is 2.22. The van der Waals surface area contributed by atoms with Gasteiger partial charge in [0.05, 0.1) is 19.3 Å². The van der Waals surface area contributed by atoms with Gasteiger partial charge in [0.15, 0.2) is 12.4 Å². The average Bonchev–Trinajstić information content (AvgIpc) is 2.54.